The minimum Gasteiger partial charge on any atom is -0.494 e. The Balaban J connectivity index is 1.78. The van der Waals surface area contributed by atoms with Gasteiger partial charge in [-0.15, -0.1) is 0 Å². The molecule has 0 saturated carbocycles. The van der Waals surface area contributed by atoms with Crippen molar-refractivity contribution in [3.63, 3.8) is 0 Å². The fraction of sp³-hybridized carbons (Fsp3) is 0.0741. The summed E-state index contributed by atoms with van der Waals surface area (Å²) in [5, 5.41) is 11.9. The SMILES string of the molecule is COc1ccc(C2(c3ccccc3C#N)C=Cc3c(ccc4ccccc34)O2)cc1F. The van der Waals surface area contributed by atoms with Gasteiger partial charge in [-0.05, 0) is 47.2 Å². The molecule has 0 bridgehead atoms. The van der Waals surface area contributed by atoms with Gasteiger partial charge < -0.3 is 9.47 Å². The first-order valence-corrected chi connectivity index (χ1v) is 9.90. The third-order valence-electron chi connectivity index (χ3n) is 5.71. The van der Waals surface area contributed by atoms with Crippen LogP contribution >= 0.6 is 0 Å². The Bertz CT molecular complexity index is 1390. The van der Waals surface area contributed by atoms with Gasteiger partial charge in [0.15, 0.2) is 17.2 Å². The molecule has 1 aliphatic rings. The Morgan fingerprint density at radius 3 is 2.58 bits per heavy atom. The Labute approximate surface area is 179 Å². The molecule has 4 heteroatoms. The van der Waals surface area contributed by atoms with Gasteiger partial charge in [0.1, 0.15) is 5.75 Å². The number of nitriles is 1. The van der Waals surface area contributed by atoms with Crippen molar-refractivity contribution < 1.29 is 13.9 Å². The molecule has 1 atom stereocenters. The number of halogens is 1. The van der Waals surface area contributed by atoms with E-state index in [-0.39, 0.29) is 5.75 Å². The molecule has 1 unspecified atom stereocenters. The van der Waals surface area contributed by atoms with Crippen molar-refractivity contribution in [3.8, 4) is 17.6 Å². The van der Waals surface area contributed by atoms with Crippen molar-refractivity contribution in [2.45, 2.75) is 5.60 Å². The van der Waals surface area contributed by atoms with E-state index in [4.69, 9.17) is 9.47 Å². The Morgan fingerprint density at radius 2 is 1.77 bits per heavy atom. The average Bonchev–Trinajstić information content (AvgIpc) is 2.83. The zero-order valence-electron chi connectivity index (χ0n) is 16.8. The van der Waals surface area contributed by atoms with E-state index in [0.29, 0.717) is 22.4 Å². The highest BCUT2D eigenvalue weighted by atomic mass is 19.1. The van der Waals surface area contributed by atoms with Crippen LogP contribution < -0.4 is 9.47 Å². The van der Waals surface area contributed by atoms with Gasteiger partial charge in [0.2, 0.25) is 0 Å². The standard InChI is InChI=1S/C27H18FNO2/c1-30-26-13-11-20(16-24(26)28)27(23-9-5-3-7-19(23)17-29)15-14-22-21-8-4-2-6-18(21)10-12-25(22)31-27/h2-16H,1H3. The third kappa shape index (κ3) is 2.94. The molecular weight excluding hydrogens is 389 g/mol. The molecule has 31 heavy (non-hydrogen) atoms. The number of hydrogen-bond acceptors (Lipinski definition) is 3. The van der Waals surface area contributed by atoms with Crippen LogP contribution in [0.2, 0.25) is 0 Å². The quantitative estimate of drug-likeness (QED) is 0.406. The molecule has 1 aliphatic heterocycles. The van der Waals surface area contributed by atoms with E-state index in [1.165, 1.54) is 13.2 Å². The minimum absolute atomic E-state index is 0.152. The number of methoxy groups -OCH3 is 1. The van der Waals surface area contributed by atoms with Gasteiger partial charge in [-0.3, -0.25) is 0 Å². The summed E-state index contributed by atoms with van der Waals surface area (Å²) in [4.78, 5) is 0. The van der Waals surface area contributed by atoms with Crippen LogP contribution in [0.5, 0.6) is 11.5 Å². The van der Waals surface area contributed by atoms with E-state index in [0.717, 1.165) is 16.3 Å². The van der Waals surface area contributed by atoms with Crippen LogP contribution in [-0.2, 0) is 5.60 Å². The molecule has 4 aromatic rings. The van der Waals surface area contributed by atoms with Crippen LogP contribution in [0.3, 0.4) is 0 Å². The van der Waals surface area contributed by atoms with Gasteiger partial charge in [0, 0.05) is 16.7 Å². The zero-order valence-corrected chi connectivity index (χ0v) is 16.8. The highest BCUT2D eigenvalue weighted by molar-refractivity contribution is 5.94. The molecule has 5 rings (SSSR count). The number of fused-ring (bicyclic) bond motifs is 3. The summed E-state index contributed by atoms with van der Waals surface area (Å²) < 4.78 is 26.4. The first-order valence-electron chi connectivity index (χ1n) is 9.90. The number of nitrogens with zero attached hydrogens (tertiary/aromatic N) is 1. The number of hydrogen-bond donors (Lipinski definition) is 0. The van der Waals surface area contributed by atoms with Gasteiger partial charge in [0.05, 0.1) is 18.7 Å². The Morgan fingerprint density at radius 1 is 0.968 bits per heavy atom. The van der Waals surface area contributed by atoms with E-state index in [1.54, 1.807) is 24.3 Å². The Kier molecular flexibility index (Phi) is 4.45. The second kappa shape index (κ2) is 7.30. The predicted molar refractivity (Wildman–Crippen MR) is 118 cm³/mol. The van der Waals surface area contributed by atoms with Crippen LogP contribution in [0.15, 0.2) is 84.9 Å². The van der Waals surface area contributed by atoms with Crippen LogP contribution in [0, 0.1) is 17.1 Å². The highest BCUT2D eigenvalue weighted by Gasteiger charge is 2.39. The first kappa shape index (κ1) is 18.9. The number of benzene rings is 4. The predicted octanol–water partition coefficient (Wildman–Crippen LogP) is 6.21. The lowest BCUT2D eigenvalue weighted by Crippen LogP contribution is -2.35. The number of ether oxygens (including phenoxy) is 2. The van der Waals surface area contributed by atoms with Crippen molar-refractivity contribution in [3.05, 3.63) is 113 Å². The third-order valence-corrected chi connectivity index (χ3v) is 5.71. The maximum absolute atomic E-state index is 14.7. The van der Waals surface area contributed by atoms with E-state index >= 15 is 0 Å². The average molecular weight is 407 g/mol. The van der Waals surface area contributed by atoms with Crippen LogP contribution in [0.25, 0.3) is 16.8 Å². The molecular formula is C27H18FNO2. The molecule has 4 aromatic carbocycles. The molecule has 150 valence electrons. The molecule has 0 radical (unpaired) electrons. The molecule has 0 fully saturated rings. The molecule has 0 N–H and O–H groups in total. The van der Waals surface area contributed by atoms with Crippen LogP contribution in [0.4, 0.5) is 4.39 Å². The zero-order chi connectivity index (χ0) is 21.4. The van der Waals surface area contributed by atoms with Crippen molar-refractivity contribution >= 4 is 16.8 Å². The van der Waals surface area contributed by atoms with Gasteiger partial charge in [-0.1, -0.05) is 54.6 Å². The summed E-state index contributed by atoms with van der Waals surface area (Å²) in [5.74, 6) is 0.332. The molecule has 0 saturated heterocycles. The van der Waals surface area contributed by atoms with Crippen LogP contribution in [-0.4, -0.2) is 7.11 Å². The first-order chi connectivity index (χ1) is 15.2. The van der Waals surface area contributed by atoms with Gasteiger partial charge in [-0.25, -0.2) is 4.39 Å². The van der Waals surface area contributed by atoms with Gasteiger partial charge in [0.25, 0.3) is 0 Å². The summed E-state index contributed by atoms with van der Waals surface area (Å²) in [5.41, 5.74) is 1.49. The lowest BCUT2D eigenvalue weighted by molar-refractivity contribution is 0.160. The molecule has 3 nitrogen and oxygen atoms in total. The summed E-state index contributed by atoms with van der Waals surface area (Å²) in [6, 6.07) is 26.2. The second-order valence-electron chi connectivity index (χ2n) is 7.38. The van der Waals surface area contributed by atoms with Crippen LogP contribution in [0.1, 0.15) is 22.3 Å². The highest BCUT2D eigenvalue weighted by Crippen LogP contribution is 2.45. The lowest BCUT2D eigenvalue weighted by atomic mass is 9.81. The van der Waals surface area contributed by atoms with Crippen molar-refractivity contribution in [2.24, 2.45) is 0 Å². The summed E-state index contributed by atoms with van der Waals surface area (Å²) >= 11 is 0. The van der Waals surface area contributed by atoms with E-state index in [9.17, 15) is 9.65 Å². The molecule has 0 spiro atoms. The smallest absolute Gasteiger partial charge is 0.179 e. The summed E-state index contributed by atoms with van der Waals surface area (Å²) in [6.07, 6.45) is 3.90. The minimum atomic E-state index is -1.16. The normalized spacial score (nSPS) is 16.9. The van der Waals surface area contributed by atoms with E-state index in [2.05, 4.69) is 12.1 Å². The molecule has 0 aromatic heterocycles. The second-order valence-corrected chi connectivity index (χ2v) is 7.38. The maximum atomic E-state index is 14.7. The topological polar surface area (TPSA) is 42.2 Å². The van der Waals surface area contributed by atoms with Gasteiger partial charge in [-0.2, -0.15) is 5.26 Å². The monoisotopic (exact) mass is 407 g/mol. The summed E-state index contributed by atoms with van der Waals surface area (Å²) in [6.45, 7) is 0. The van der Waals surface area contributed by atoms with Crippen molar-refractivity contribution in [1.29, 1.82) is 5.26 Å². The molecule has 0 aliphatic carbocycles. The molecule has 1 heterocycles. The van der Waals surface area contributed by atoms with E-state index in [1.807, 2.05) is 54.6 Å². The van der Waals surface area contributed by atoms with Crippen molar-refractivity contribution in [1.82, 2.24) is 0 Å². The van der Waals surface area contributed by atoms with Crippen molar-refractivity contribution in [2.75, 3.05) is 7.11 Å². The van der Waals surface area contributed by atoms with E-state index < -0.39 is 11.4 Å². The number of rotatable bonds is 3. The fourth-order valence-corrected chi connectivity index (χ4v) is 4.20. The maximum Gasteiger partial charge on any atom is 0.179 e. The summed E-state index contributed by atoms with van der Waals surface area (Å²) in [7, 11) is 1.43. The fourth-order valence-electron chi connectivity index (χ4n) is 4.20. The molecule has 0 amide bonds. The van der Waals surface area contributed by atoms with Gasteiger partial charge >= 0.3 is 0 Å². The Hall–Kier alpha value is -4.10. The largest absolute Gasteiger partial charge is 0.494 e. The lowest BCUT2D eigenvalue weighted by Gasteiger charge is -2.37.